The number of phenols is 1. The molecule has 0 bridgehead atoms. The van der Waals surface area contributed by atoms with Crippen molar-refractivity contribution < 1.29 is 33.4 Å². The van der Waals surface area contributed by atoms with Gasteiger partial charge in [-0.15, -0.1) is 0 Å². The summed E-state index contributed by atoms with van der Waals surface area (Å²) in [5, 5.41) is 11.9. The van der Waals surface area contributed by atoms with E-state index in [1.807, 2.05) is 36.4 Å². The molecule has 2 aliphatic carbocycles. The van der Waals surface area contributed by atoms with E-state index >= 15 is 4.79 Å². The number of fused-ring (bicyclic) bond motifs is 5. The minimum atomic E-state index is -1.53. The van der Waals surface area contributed by atoms with Crippen LogP contribution in [0, 0.1) is 35.4 Å². The van der Waals surface area contributed by atoms with Crippen LogP contribution in [0.25, 0.3) is 0 Å². The Labute approximate surface area is 309 Å². The molecule has 4 aromatic rings. The molecule has 0 spiro atoms. The lowest BCUT2D eigenvalue weighted by atomic mass is 9.48. The Morgan fingerprint density at radius 2 is 1.64 bits per heavy atom. The number of rotatable bonds is 6. The van der Waals surface area contributed by atoms with Crippen molar-refractivity contribution in [2.75, 3.05) is 5.43 Å². The predicted molar refractivity (Wildman–Crippen MR) is 192 cm³/mol. The Morgan fingerprint density at radius 3 is 2.40 bits per heavy atom. The van der Waals surface area contributed by atoms with Gasteiger partial charge in [-0.25, -0.2) is 4.39 Å². The third-order valence-corrected chi connectivity index (χ3v) is 11.9. The van der Waals surface area contributed by atoms with Gasteiger partial charge >= 0.3 is 0 Å². The van der Waals surface area contributed by atoms with Crippen molar-refractivity contribution in [1.29, 1.82) is 0 Å². The first-order chi connectivity index (χ1) is 25.6. The topological polar surface area (TPSA) is 116 Å². The number of aromatic hydroxyl groups is 1. The summed E-state index contributed by atoms with van der Waals surface area (Å²) < 4.78 is 20.1. The Morgan fingerprint density at radius 1 is 0.887 bits per heavy atom. The molecule has 3 heterocycles. The van der Waals surface area contributed by atoms with Gasteiger partial charge in [0.1, 0.15) is 17.3 Å². The Hall–Kier alpha value is -5.74. The number of carbonyl (C=O) groups is 4. The maximum atomic E-state index is 15.3. The molecule has 266 valence electrons. The smallest absolute Gasteiger partial charge is 0.260 e. The molecule has 2 N–H and O–H groups in total. The van der Waals surface area contributed by atoms with Gasteiger partial charge in [0.25, 0.3) is 11.8 Å². The quantitative estimate of drug-likeness (QED) is 0.167. The summed E-state index contributed by atoms with van der Waals surface area (Å²) in [6, 6.07) is 26.4. The predicted octanol–water partition coefficient (Wildman–Crippen LogP) is 6.72. The number of allylic oxidation sites excluding steroid dienone is 3. The van der Waals surface area contributed by atoms with Gasteiger partial charge < -0.3 is 9.84 Å². The fourth-order valence-corrected chi connectivity index (χ4v) is 9.58. The van der Waals surface area contributed by atoms with E-state index in [4.69, 9.17) is 16.3 Å². The molecule has 0 radical (unpaired) electrons. The molecule has 0 aromatic heterocycles. The maximum absolute atomic E-state index is 15.3. The number of hydrogen-bond donors (Lipinski definition) is 2. The van der Waals surface area contributed by atoms with Gasteiger partial charge in [-0.2, -0.15) is 5.01 Å². The van der Waals surface area contributed by atoms with Crippen LogP contribution in [0.1, 0.15) is 29.5 Å². The van der Waals surface area contributed by atoms with E-state index in [0.29, 0.717) is 33.2 Å². The average Bonchev–Trinajstić information content (AvgIpc) is 3.53. The highest BCUT2D eigenvalue weighted by Crippen LogP contribution is 2.63. The number of likely N-dealkylation sites (tertiary alicyclic amines) is 1. The van der Waals surface area contributed by atoms with Crippen molar-refractivity contribution in [3.63, 3.8) is 0 Å². The number of nitrogens with one attached hydrogen (secondary N) is 1. The van der Waals surface area contributed by atoms with Gasteiger partial charge in [0.15, 0.2) is 0 Å². The number of hydrogen-bond acceptors (Lipinski definition) is 7. The van der Waals surface area contributed by atoms with Crippen molar-refractivity contribution in [2.45, 2.75) is 31.2 Å². The monoisotopic (exact) mass is 729 g/mol. The second-order valence-corrected chi connectivity index (χ2v) is 14.8. The van der Waals surface area contributed by atoms with Crippen LogP contribution in [-0.2, 0) is 37.6 Å². The lowest BCUT2D eigenvalue weighted by molar-refractivity contribution is -0.142. The van der Waals surface area contributed by atoms with E-state index in [9.17, 15) is 23.9 Å². The van der Waals surface area contributed by atoms with Gasteiger partial charge in [0.2, 0.25) is 11.8 Å². The van der Waals surface area contributed by atoms with Gasteiger partial charge in [-0.1, -0.05) is 65.7 Å². The van der Waals surface area contributed by atoms with E-state index in [2.05, 4.69) is 5.43 Å². The van der Waals surface area contributed by atoms with Crippen molar-refractivity contribution in [3.8, 4) is 11.5 Å². The van der Waals surface area contributed by atoms with Crippen LogP contribution in [0.5, 0.6) is 11.5 Å². The summed E-state index contributed by atoms with van der Waals surface area (Å²) >= 11 is 6.39. The largest absolute Gasteiger partial charge is 0.508 e. The van der Waals surface area contributed by atoms with Gasteiger partial charge in [-0.3, -0.25) is 29.5 Å². The number of amides is 4. The number of phenolic OH excluding ortho intramolecular Hbond substituents is 1. The Bertz CT molecular complexity index is 2260. The normalized spacial score (nSPS) is 27.3. The van der Waals surface area contributed by atoms with E-state index in [1.165, 1.54) is 35.2 Å². The molecule has 1 saturated carbocycles. The highest BCUT2D eigenvalue weighted by atomic mass is 35.5. The fraction of sp³-hybridized carbons (Fsp3) is 0.238. The molecule has 9 nitrogen and oxygen atoms in total. The van der Waals surface area contributed by atoms with Crippen LogP contribution in [0.2, 0.25) is 5.02 Å². The number of imide groups is 2. The second kappa shape index (κ2) is 12.4. The summed E-state index contributed by atoms with van der Waals surface area (Å²) in [4.78, 5) is 59.9. The lowest BCUT2D eigenvalue weighted by Crippen LogP contribution is -2.55. The lowest BCUT2D eigenvalue weighted by Gasteiger charge is -2.51. The van der Waals surface area contributed by atoms with Crippen LogP contribution in [-0.4, -0.2) is 38.6 Å². The molecule has 4 amide bonds. The molecular weight excluding hydrogens is 697 g/mol. The van der Waals surface area contributed by atoms with Gasteiger partial charge in [0, 0.05) is 22.9 Å². The number of halogens is 2. The zero-order valence-corrected chi connectivity index (χ0v) is 29.0. The summed E-state index contributed by atoms with van der Waals surface area (Å²) in [6.07, 6.45) is 4.31. The molecule has 6 atom stereocenters. The van der Waals surface area contributed by atoms with Crippen molar-refractivity contribution in [2.24, 2.45) is 29.6 Å². The van der Waals surface area contributed by atoms with E-state index in [1.54, 1.807) is 42.7 Å². The first-order valence-electron chi connectivity index (χ1n) is 17.6. The molecular formula is C42H33ClFN3O6. The molecule has 3 fully saturated rings. The minimum Gasteiger partial charge on any atom is -0.508 e. The zero-order valence-electron chi connectivity index (χ0n) is 28.2. The first kappa shape index (κ1) is 33.1. The third-order valence-electron chi connectivity index (χ3n) is 11.7. The first-order valence-corrected chi connectivity index (χ1v) is 18.0. The minimum absolute atomic E-state index is 0.0514. The van der Waals surface area contributed by atoms with Crippen LogP contribution in [0.15, 0.2) is 121 Å². The molecule has 53 heavy (non-hydrogen) atoms. The summed E-state index contributed by atoms with van der Waals surface area (Å²) in [7, 11) is 0. The molecule has 4 aromatic carbocycles. The third kappa shape index (κ3) is 5.10. The zero-order chi connectivity index (χ0) is 36.6. The maximum Gasteiger partial charge on any atom is 0.260 e. The standard InChI is InChI=1S/C42H33ClFN3O6/c43-27-8-6-26(7-9-27)42-34(39(50)47(41(42)52)45-29-12-10-28(44)11-13-29)20-33-31(37(42)25-18-24-19-30(48)14-17-35(24)53-22-25)15-16-32-36(33)40(51)46(38(32)49)21-23-4-2-1-3-5-23/h1-15,17,19,22,32-34,36-37,45,48H,16,18,20-21H2. The number of benzene rings is 4. The van der Waals surface area contributed by atoms with Crippen LogP contribution in [0.4, 0.5) is 10.1 Å². The molecule has 5 aliphatic rings. The Kier molecular flexibility index (Phi) is 7.78. The van der Waals surface area contributed by atoms with Crippen molar-refractivity contribution >= 4 is 40.9 Å². The number of nitrogens with zero attached hydrogens (tertiary/aromatic N) is 2. The second-order valence-electron chi connectivity index (χ2n) is 14.4. The van der Waals surface area contributed by atoms with Crippen molar-refractivity contribution in [1.82, 2.24) is 9.91 Å². The van der Waals surface area contributed by atoms with E-state index < -0.39 is 52.6 Å². The summed E-state index contributed by atoms with van der Waals surface area (Å²) in [6.45, 7) is 0.140. The number of hydrazine groups is 1. The number of ether oxygens (including phenoxy) is 1. The van der Waals surface area contributed by atoms with Crippen LogP contribution in [0.3, 0.4) is 0 Å². The summed E-state index contributed by atoms with van der Waals surface area (Å²) in [5.74, 6) is -5.09. The molecule has 3 aliphatic heterocycles. The average molecular weight is 730 g/mol. The fourth-order valence-electron chi connectivity index (χ4n) is 9.46. The molecule has 2 saturated heterocycles. The SMILES string of the molecule is O=C1C2CC=C3C(CC4C(=O)N(Nc5ccc(F)cc5)C(=O)C4(c4ccc(Cl)cc4)C3C3=COc4ccc(O)cc4C3)C2C(=O)N1Cc1ccccc1. The van der Waals surface area contributed by atoms with Crippen LogP contribution >= 0.6 is 11.6 Å². The highest BCUT2D eigenvalue weighted by molar-refractivity contribution is 6.30. The molecule has 9 rings (SSSR count). The van der Waals surface area contributed by atoms with Crippen LogP contribution < -0.4 is 10.2 Å². The van der Waals surface area contributed by atoms with E-state index in [0.717, 1.165) is 16.1 Å². The number of anilines is 1. The van der Waals surface area contributed by atoms with E-state index in [-0.39, 0.29) is 43.4 Å². The Balaban J connectivity index is 1.21. The van der Waals surface area contributed by atoms with Crippen molar-refractivity contribution in [3.05, 3.63) is 148 Å². The number of carbonyl (C=O) groups excluding carboxylic acids is 4. The molecule has 11 heteroatoms. The highest BCUT2D eigenvalue weighted by Gasteiger charge is 2.70. The van der Waals surface area contributed by atoms with Gasteiger partial charge in [0.05, 0.1) is 41.7 Å². The van der Waals surface area contributed by atoms with Gasteiger partial charge in [-0.05, 0) is 90.1 Å². The summed E-state index contributed by atoms with van der Waals surface area (Å²) in [5.41, 5.74) is 5.33. The molecule has 6 unspecified atom stereocenters.